The molecule has 2 aliphatic rings. The molecule has 0 saturated carbocycles. The molecule has 84 valence electrons. The van der Waals surface area contributed by atoms with E-state index in [1.165, 1.54) is 14.8 Å². The monoisotopic (exact) mass is 334 g/mol. The first-order chi connectivity index (χ1) is 8.36. The van der Waals surface area contributed by atoms with E-state index in [2.05, 4.69) is 69.5 Å². The third-order valence-corrected chi connectivity index (χ3v) is 3.54. The molecule has 0 unspecified atom stereocenters. The van der Waals surface area contributed by atoms with E-state index in [-0.39, 0.29) is 0 Å². The van der Waals surface area contributed by atoms with Gasteiger partial charge in [-0.3, -0.25) is 10.4 Å². The Morgan fingerprint density at radius 3 is 2.41 bits per heavy atom. The van der Waals surface area contributed by atoms with Crippen LogP contribution < -0.4 is 10.4 Å². The van der Waals surface area contributed by atoms with E-state index in [1.54, 1.807) is 0 Å². The summed E-state index contributed by atoms with van der Waals surface area (Å²) < 4.78 is 1.22. The highest BCUT2D eigenvalue weighted by Gasteiger charge is 2.22. The molecule has 0 amide bonds. The van der Waals surface area contributed by atoms with Crippen molar-refractivity contribution in [2.24, 2.45) is 0 Å². The van der Waals surface area contributed by atoms with Gasteiger partial charge in [0.25, 0.3) is 0 Å². The second-order valence-electron chi connectivity index (χ2n) is 3.81. The molecule has 1 N–H and O–H groups in total. The van der Waals surface area contributed by atoms with Crippen LogP contribution in [0.3, 0.4) is 0 Å². The Labute approximate surface area is 114 Å². The number of rotatable bonds is 1. The summed E-state index contributed by atoms with van der Waals surface area (Å²) in [5, 5.41) is 2.11. The van der Waals surface area contributed by atoms with Crippen LogP contribution in [0.25, 0.3) is 0 Å². The van der Waals surface area contributed by atoms with Gasteiger partial charge in [0, 0.05) is 11.8 Å². The molecule has 17 heavy (non-hydrogen) atoms. The predicted octanol–water partition coefficient (Wildman–Crippen LogP) is 3.67. The minimum atomic E-state index is 1.15. The summed E-state index contributed by atoms with van der Waals surface area (Å²) in [6.07, 6.45) is 10.4. The molecular weight excluding hydrogens is 323 g/mol. The zero-order valence-corrected chi connectivity index (χ0v) is 11.3. The Kier molecular flexibility index (Phi) is 2.76. The van der Waals surface area contributed by atoms with Crippen LogP contribution in [0.5, 0.6) is 0 Å². The topological polar surface area (TPSA) is 15.3 Å². The molecule has 3 heteroatoms. The van der Waals surface area contributed by atoms with E-state index in [0.717, 1.165) is 5.69 Å². The summed E-state index contributed by atoms with van der Waals surface area (Å²) in [4.78, 5) is 0. The molecule has 2 nitrogen and oxygen atoms in total. The SMILES string of the molecule is IC1=CNN(c2ccccc2)C1=C1C=CC=C1. The van der Waals surface area contributed by atoms with Crippen molar-refractivity contribution >= 4 is 28.3 Å². The van der Waals surface area contributed by atoms with E-state index in [4.69, 9.17) is 0 Å². The standard InChI is InChI=1S/C14H11IN2/c15-13-10-16-17(12-8-2-1-3-9-12)14(13)11-6-4-5-7-11/h1-10,16H. The van der Waals surface area contributed by atoms with Crippen LogP contribution in [0.4, 0.5) is 5.69 Å². The highest BCUT2D eigenvalue weighted by molar-refractivity contribution is 14.1. The van der Waals surface area contributed by atoms with Gasteiger partial charge in [0.15, 0.2) is 0 Å². The molecule has 1 aliphatic heterocycles. The fourth-order valence-electron chi connectivity index (χ4n) is 1.94. The number of nitrogens with one attached hydrogen (secondary N) is 1. The maximum absolute atomic E-state index is 3.29. The van der Waals surface area contributed by atoms with Gasteiger partial charge >= 0.3 is 0 Å². The number of hydrogen-bond donors (Lipinski definition) is 1. The average molecular weight is 334 g/mol. The van der Waals surface area contributed by atoms with E-state index >= 15 is 0 Å². The van der Waals surface area contributed by atoms with E-state index in [9.17, 15) is 0 Å². The Morgan fingerprint density at radius 2 is 1.71 bits per heavy atom. The largest absolute Gasteiger partial charge is 0.300 e. The van der Waals surface area contributed by atoms with Gasteiger partial charge in [-0.2, -0.15) is 0 Å². The lowest BCUT2D eigenvalue weighted by atomic mass is 10.2. The van der Waals surface area contributed by atoms with Crippen LogP contribution in [0.15, 0.2) is 75.7 Å². The van der Waals surface area contributed by atoms with Crippen molar-refractivity contribution < 1.29 is 0 Å². The Morgan fingerprint density at radius 1 is 1.00 bits per heavy atom. The fourth-order valence-corrected chi connectivity index (χ4v) is 2.63. The average Bonchev–Trinajstić information content (AvgIpc) is 2.99. The molecule has 0 fully saturated rings. The summed E-state index contributed by atoms with van der Waals surface area (Å²) in [6.45, 7) is 0. The van der Waals surface area contributed by atoms with Crippen LogP contribution in [0.2, 0.25) is 0 Å². The predicted molar refractivity (Wildman–Crippen MR) is 79.5 cm³/mol. The molecule has 1 heterocycles. The molecule has 0 saturated heterocycles. The maximum atomic E-state index is 3.29. The van der Waals surface area contributed by atoms with Crippen molar-refractivity contribution in [3.8, 4) is 0 Å². The molecule has 1 aromatic rings. The Hall–Kier alpha value is -1.49. The summed E-state index contributed by atoms with van der Waals surface area (Å²) in [6, 6.07) is 10.3. The number of allylic oxidation sites excluding steroid dienone is 6. The molecule has 0 aromatic heterocycles. The number of halogens is 1. The van der Waals surface area contributed by atoms with Crippen molar-refractivity contribution in [2.75, 3.05) is 5.01 Å². The number of para-hydroxylation sites is 1. The van der Waals surface area contributed by atoms with Gasteiger partial charge in [-0.1, -0.05) is 42.5 Å². The van der Waals surface area contributed by atoms with Crippen molar-refractivity contribution in [2.45, 2.75) is 0 Å². The first-order valence-electron chi connectivity index (χ1n) is 5.43. The third kappa shape index (κ3) is 1.91. The highest BCUT2D eigenvalue weighted by atomic mass is 127. The Bertz CT molecular complexity index is 539. The molecule has 1 aliphatic carbocycles. The van der Waals surface area contributed by atoms with Gasteiger partial charge < -0.3 is 0 Å². The van der Waals surface area contributed by atoms with Crippen molar-refractivity contribution in [3.63, 3.8) is 0 Å². The van der Waals surface area contributed by atoms with Crippen molar-refractivity contribution in [1.82, 2.24) is 5.43 Å². The summed E-state index contributed by atoms with van der Waals surface area (Å²) in [5.74, 6) is 0. The normalized spacial score (nSPS) is 17.7. The third-order valence-electron chi connectivity index (χ3n) is 2.72. The maximum Gasteiger partial charge on any atom is 0.0851 e. The van der Waals surface area contributed by atoms with Gasteiger partial charge in [-0.15, -0.1) is 0 Å². The molecule has 1 aromatic carbocycles. The smallest absolute Gasteiger partial charge is 0.0851 e. The van der Waals surface area contributed by atoms with Crippen molar-refractivity contribution in [3.05, 3.63) is 75.7 Å². The summed E-state index contributed by atoms with van der Waals surface area (Å²) >= 11 is 2.36. The van der Waals surface area contributed by atoms with Gasteiger partial charge in [0.2, 0.25) is 0 Å². The lowest BCUT2D eigenvalue weighted by Crippen LogP contribution is -2.28. The number of benzene rings is 1. The van der Waals surface area contributed by atoms with Gasteiger partial charge in [0.1, 0.15) is 0 Å². The quantitative estimate of drug-likeness (QED) is 0.789. The number of hydrazine groups is 1. The molecular formula is C14H11IN2. The fraction of sp³-hybridized carbons (Fsp3) is 0. The second kappa shape index (κ2) is 4.41. The van der Waals surface area contributed by atoms with Crippen molar-refractivity contribution in [1.29, 1.82) is 0 Å². The highest BCUT2D eigenvalue weighted by Crippen LogP contribution is 2.33. The number of anilines is 1. The zero-order valence-electron chi connectivity index (χ0n) is 9.10. The molecule has 0 bridgehead atoms. The summed E-state index contributed by atoms with van der Waals surface area (Å²) in [5.41, 5.74) is 6.88. The minimum Gasteiger partial charge on any atom is -0.300 e. The molecule has 0 radical (unpaired) electrons. The molecule has 0 spiro atoms. The van der Waals surface area contributed by atoms with E-state index < -0.39 is 0 Å². The first-order valence-corrected chi connectivity index (χ1v) is 6.50. The lowest BCUT2D eigenvalue weighted by molar-refractivity contribution is 0.888. The minimum absolute atomic E-state index is 1.15. The zero-order chi connectivity index (χ0) is 11.7. The number of nitrogens with zero attached hydrogens (tertiary/aromatic N) is 1. The number of hydrogen-bond acceptors (Lipinski definition) is 2. The van der Waals surface area contributed by atoms with Crippen LogP contribution in [-0.2, 0) is 0 Å². The second-order valence-corrected chi connectivity index (χ2v) is 4.98. The van der Waals surface area contributed by atoms with Crippen LogP contribution in [0.1, 0.15) is 0 Å². The Balaban J connectivity index is 2.06. The van der Waals surface area contributed by atoms with Gasteiger partial charge in [-0.25, -0.2) is 0 Å². The van der Waals surface area contributed by atoms with Crippen LogP contribution >= 0.6 is 22.6 Å². The van der Waals surface area contributed by atoms with Gasteiger partial charge in [0.05, 0.1) is 15.0 Å². The van der Waals surface area contributed by atoms with Gasteiger partial charge in [-0.05, 0) is 34.7 Å². The van der Waals surface area contributed by atoms with E-state index in [0.29, 0.717) is 0 Å². The lowest BCUT2D eigenvalue weighted by Gasteiger charge is -2.22. The van der Waals surface area contributed by atoms with Crippen LogP contribution in [0, 0.1) is 0 Å². The van der Waals surface area contributed by atoms with E-state index in [1.807, 2.05) is 24.4 Å². The molecule has 3 rings (SSSR count). The first kappa shape index (κ1) is 10.7. The molecule has 0 atom stereocenters. The summed E-state index contributed by atoms with van der Waals surface area (Å²) in [7, 11) is 0. The van der Waals surface area contributed by atoms with Crippen LogP contribution in [-0.4, -0.2) is 0 Å².